The van der Waals surface area contributed by atoms with Crippen molar-refractivity contribution < 1.29 is 4.74 Å². The van der Waals surface area contributed by atoms with E-state index in [2.05, 4.69) is 24.5 Å². The predicted molar refractivity (Wildman–Crippen MR) is 64.2 cm³/mol. The maximum atomic E-state index is 5.81. The van der Waals surface area contributed by atoms with Crippen molar-refractivity contribution in [3.63, 3.8) is 0 Å². The second-order valence-electron chi connectivity index (χ2n) is 4.77. The van der Waals surface area contributed by atoms with E-state index in [0.717, 1.165) is 45.1 Å². The predicted octanol–water partition coefficient (Wildman–Crippen LogP) is 1.39. The first kappa shape index (κ1) is 12.9. The molecule has 0 atom stereocenters. The van der Waals surface area contributed by atoms with E-state index in [0.29, 0.717) is 6.10 Å². The highest BCUT2D eigenvalue weighted by Gasteiger charge is 2.12. The van der Waals surface area contributed by atoms with Crippen molar-refractivity contribution in [2.45, 2.75) is 39.2 Å². The van der Waals surface area contributed by atoms with Gasteiger partial charge in [0.1, 0.15) is 0 Å². The molecule has 0 spiro atoms. The summed E-state index contributed by atoms with van der Waals surface area (Å²) in [5.41, 5.74) is 0. The lowest BCUT2D eigenvalue weighted by Gasteiger charge is -2.22. The Morgan fingerprint density at radius 3 is 2.73 bits per heavy atom. The van der Waals surface area contributed by atoms with E-state index in [4.69, 9.17) is 4.74 Å². The molecular formula is C12H26N2O. The minimum absolute atomic E-state index is 0.511. The molecule has 1 heterocycles. The number of nitrogens with one attached hydrogen (secondary N) is 2. The fourth-order valence-electron chi connectivity index (χ4n) is 1.80. The van der Waals surface area contributed by atoms with Crippen molar-refractivity contribution in [1.29, 1.82) is 0 Å². The third-order valence-electron chi connectivity index (χ3n) is 2.69. The van der Waals surface area contributed by atoms with Gasteiger partial charge in [0, 0.05) is 6.61 Å². The summed E-state index contributed by atoms with van der Waals surface area (Å²) >= 11 is 0. The number of rotatable bonds is 7. The van der Waals surface area contributed by atoms with Crippen molar-refractivity contribution in [2.75, 3.05) is 32.8 Å². The van der Waals surface area contributed by atoms with Gasteiger partial charge in [-0.3, -0.25) is 0 Å². The van der Waals surface area contributed by atoms with E-state index < -0.39 is 0 Å². The lowest BCUT2D eigenvalue weighted by atomic mass is 10.1. The van der Waals surface area contributed by atoms with E-state index in [1.54, 1.807) is 0 Å². The molecule has 1 rings (SSSR count). The minimum Gasteiger partial charge on any atom is -0.378 e. The van der Waals surface area contributed by atoms with Crippen LogP contribution < -0.4 is 10.6 Å². The van der Waals surface area contributed by atoms with Crippen LogP contribution in [0.3, 0.4) is 0 Å². The summed E-state index contributed by atoms with van der Waals surface area (Å²) in [6.45, 7) is 9.83. The Hall–Kier alpha value is -0.120. The second kappa shape index (κ2) is 8.08. The van der Waals surface area contributed by atoms with Crippen LogP contribution in [0.1, 0.15) is 33.1 Å². The molecule has 0 amide bonds. The summed E-state index contributed by atoms with van der Waals surface area (Å²) in [5, 5.41) is 6.78. The highest BCUT2D eigenvalue weighted by atomic mass is 16.5. The van der Waals surface area contributed by atoms with Crippen molar-refractivity contribution in [1.82, 2.24) is 10.6 Å². The molecule has 2 N–H and O–H groups in total. The van der Waals surface area contributed by atoms with Crippen LogP contribution in [0.15, 0.2) is 0 Å². The van der Waals surface area contributed by atoms with E-state index in [1.165, 1.54) is 12.8 Å². The average Bonchev–Trinajstić information content (AvgIpc) is 2.24. The molecule has 1 aliphatic heterocycles. The monoisotopic (exact) mass is 214 g/mol. The van der Waals surface area contributed by atoms with Gasteiger partial charge >= 0.3 is 0 Å². The van der Waals surface area contributed by atoms with E-state index >= 15 is 0 Å². The first-order chi connectivity index (χ1) is 7.29. The largest absolute Gasteiger partial charge is 0.378 e. The summed E-state index contributed by atoms with van der Waals surface area (Å²) in [5.74, 6) is 0.746. The molecule has 0 aromatic heterocycles. The first-order valence-corrected chi connectivity index (χ1v) is 6.32. The lowest BCUT2D eigenvalue weighted by molar-refractivity contribution is 0.0317. The van der Waals surface area contributed by atoms with Crippen LogP contribution in [0.5, 0.6) is 0 Å². The summed E-state index contributed by atoms with van der Waals surface area (Å²) in [7, 11) is 0. The van der Waals surface area contributed by atoms with Gasteiger partial charge in [0.25, 0.3) is 0 Å². The van der Waals surface area contributed by atoms with Crippen molar-refractivity contribution in [2.24, 2.45) is 5.92 Å². The Morgan fingerprint density at radius 1 is 1.33 bits per heavy atom. The lowest BCUT2D eigenvalue weighted by Crippen LogP contribution is -2.33. The second-order valence-corrected chi connectivity index (χ2v) is 4.77. The van der Waals surface area contributed by atoms with Crippen molar-refractivity contribution in [3.8, 4) is 0 Å². The molecular weight excluding hydrogens is 188 g/mol. The molecule has 3 nitrogen and oxygen atoms in total. The van der Waals surface area contributed by atoms with Crippen LogP contribution in [0.2, 0.25) is 0 Å². The molecule has 1 aliphatic rings. The Bertz CT molecular complexity index is 145. The van der Waals surface area contributed by atoms with Gasteiger partial charge < -0.3 is 15.4 Å². The van der Waals surface area contributed by atoms with Crippen LogP contribution in [0.25, 0.3) is 0 Å². The molecule has 0 aliphatic carbocycles. The molecule has 0 aromatic rings. The molecule has 0 saturated carbocycles. The third-order valence-corrected chi connectivity index (χ3v) is 2.69. The normalized spacial score (nSPS) is 18.6. The van der Waals surface area contributed by atoms with Gasteiger partial charge in [-0.25, -0.2) is 0 Å². The van der Waals surface area contributed by atoms with Crippen molar-refractivity contribution in [3.05, 3.63) is 0 Å². The molecule has 0 bridgehead atoms. The van der Waals surface area contributed by atoms with Crippen LogP contribution >= 0.6 is 0 Å². The van der Waals surface area contributed by atoms with Gasteiger partial charge in [-0.2, -0.15) is 0 Å². The fourth-order valence-corrected chi connectivity index (χ4v) is 1.80. The van der Waals surface area contributed by atoms with Gasteiger partial charge in [-0.05, 0) is 51.4 Å². The minimum atomic E-state index is 0.511. The SMILES string of the molecule is CC(C)CNCCCOC1CCNCC1. The maximum Gasteiger partial charge on any atom is 0.0599 e. The summed E-state index contributed by atoms with van der Waals surface area (Å²) < 4.78 is 5.81. The topological polar surface area (TPSA) is 33.3 Å². The Kier molecular flexibility index (Phi) is 6.98. The zero-order chi connectivity index (χ0) is 10.9. The van der Waals surface area contributed by atoms with Gasteiger partial charge in [-0.1, -0.05) is 13.8 Å². The number of hydrogen-bond donors (Lipinski definition) is 2. The molecule has 0 aromatic carbocycles. The highest BCUT2D eigenvalue weighted by molar-refractivity contribution is 4.68. The van der Waals surface area contributed by atoms with Crippen molar-refractivity contribution >= 4 is 0 Å². The molecule has 1 fully saturated rings. The Morgan fingerprint density at radius 2 is 2.07 bits per heavy atom. The van der Waals surface area contributed by atoms with Crippen LogP contribution in [0.4, 0.5) is 0 Å². The van der Waals surface area contributed by atoms with E-state index in [-0.39, 0.29) is 0 Å². The van der Waals surface area contributed by atoms with Crippen LogP contribution in [-0.2, 0) is 4.74 Å². The van der Waals surface area contributed by atoms with E-state index in [9.17, 15) is 0 Å². The smallest absolute Gasteiger partial charge is 0.0599 e. The van der Waals surface area contributed by atoms with Gasteiger partial charge in [0.15, 0.2) is 0 Å². The third kappa shape index (κ3) is 6.88. The number of ether oxygens (including phenoxy) is 1. The van der Waals surface area contributed by atoms with Gasteiger partial charge in [0.05, 0.1) is 6.10 Å². The fraction of sp³-hybridized carbons (Fsp3) is 1.00. The molecule has 1 saturated heterocycles. The number of hydrogen-bond acceptors (Lipinski definition) is 3. The van der Waals surface area contributed by atoms with E-state index in [1.807, 2.05) is 0 Å². The van der Waals surface area contributed by atoms with Gasteiger partial charge in [-0.15, -0.1) is 0 Å². The summed E-state index contributed by atoms with van der Waals surface area (Å²) in [6, 6.07) is 0. The molecule has 15 heavy (non-hydrogen) atoms. The summed E-state index contributed by atoms with van der Waals surface area (Å²) in [6.07, 6.45) is 4.01. The van der Waals surface area contributed by atoms with Crippen LogP contribution in [-0.4, -0.2) is 38.9 Å². The Labute approximate surface area is 94.0 Å². The zero-order valence-corrected chi connectivity index (χ0v) is 10.2. The molecule has 90 valence electrons. The Balaban J connectivity index is 1.83. The molecule has 0 radical (unpaired) electrons. The van der Waals surface area contributed by atoms with Gasteiger partial charge in [0.2, 0.25) is 0 Å². The average molecular weight is 214 g/mol. The zero-order valence-electron chi connectivity index (χ0n) is 10.2. The van der Waals surface area contributed by atoms with Crippen LogP contribution in [0, 0.1) is 5.92 Å². The quantitative estimate of drug-likeness (QED) is 0.628. The molecule has 0 unspecified atom stereocenters. The summed E-state index contributed by atoms with van der Waals surface area (Å²) in [4.78, 5) is 0. The number of piperidine rings is 1. The standard InChI is InChI=1S/C12H26N2O/c1-11(2)10-14-6-3-9-15-12-4-7-13-8-5-12/h11-14H,3-10H2,1-2H3. The highest BCUT2D eigenvalue weighted by Crippen LogP contribution is 2.06. The first-order valence-electron chi connectivity index (χ1n) is 6.32. The molecule has 3 heteroatoms. The maximum absolute atomic E-state index is 5.81.